The average Bonchev–Trinajstić information content (AvgIpc) is 2.61. The number of likely N-dealkylation sites (N-methyl/N-ethyl adjacent to an activating group) is 1. The van der Waals surface area contributed by atoms with Crippen LogP contribution in [0.4, 0.5) is 5.69 Å². The summed E-state index contributed by atoms with van der Waals surface area (Å²) in [6, 6.07) is 8.40. The normalized spacial score (nSPS) is 18.0. The molecule has 1 aliphatic rings. The molecule has 0 N–H and O–H groups in total. The molecule has 0 bridgehead atoms. The highest BCUT2D eigenvalue weighted by Crippen LogP contribution is 2.20. The van der Waals surface area contributed by atoms with Crippen LogP contribution >= 0.6 is 0 Å². The van der Waals surface area contributed by atoms with Crippen molar-refractivity contribution >= 4 is 11.6 Å². The van der Waals surface area contributed by atoms with Crippen LogP contribution in [-0.2, 0) is 0 Å². The molecule has 1 aliphatic heterocycles. The molecule has 0 spiro atoms. The van der Waals surface area contributed by atoms with Gasteiger partial charge in [-0.05, 0) is 71.7 Å². The maximum atomic E-state index is 12.9. The molecule has 1 saturated heterocycles. The minimum Gasteiger partial charge on any atom is -0.378 e. The molecule has 5 nitrogen and oxygen atoms in total. The lowest BCUT2D eigenvalue weighted by molar-refractivity contribution is 0.0607. The highest BCUT2D eigenvalue weighted by atomic mass is 16.2. The summed E-state index contributed by atoms with van der Waals surface area (Å²) in [5.41, 5.74) is 1.86. The van der Waals surface area contributed by atoms with Crippen molar-refractivity contribution in [3.63, 3.8) is 0 Å². The third-order valence-electron chi connectivity index (χ3n) is 5.03. The molecule has 1 aromatic rings. The van der Waals surface area contributed by atoms with Crippen LogP contribution in [0.1, 0.15) is 29.6 Å². The van der Waals surface area contributed by atoms with Gasteiger partial charge in [-0.15, -0.1) is 0 Å². The number of piperidine rings is 1. The van der Waals surface area contributed by atoms with Crippen LogP contribution in [0.2, 0.25) is 0 Å². The molecular formula is C20H34N4O. The topological polar surface area (TPSA) is 30.0 Å². The van der Waals surface area contributed by atoms with Crippen molar-refractivity contribution in [1.82, 2.24) is 14.7 Å². The Hall–Kier alpha value is -1.59. The first-order valence-electron chi connectivity index (χ1n) is 9.30. The quantitative estimate of drug-likeness (QED) is 0.757. The van der Waals surface area contributed by atoms with Gasteiger partial charge >= 0.3 is 0 Å². The van der Waals surface area contributed by atoms with E-state index >= 15 is 0 Å². The lowest BCUT2D eigenvalue weighted by atomic mass is 10.0. The van der Waals surface area contributed by atoms with Crippen LogP contribution in [0.5, 0.6) is 0 Å². The van der Waals surface area contributed by atoms with E-state index in [0.29, 0.717) is 6.04 Å². The van der Waals surface area contributed by atoms with E-state index in [1.807, 2.05) is 48.2 Å². The predicted molar refractivity (Wildman–Crippen MR) is 105 cm³/mol. The van der Waals surface area contributed by atoms with Gasteiger partial charge in [-0.2, -0.15) is 0 Å². The molecule has 2 rings (SSSR count). The molecule has 1 heterocycles. The van der Waals surface area contributed by atoms with E-state index in [1.54, 1.807) is 0 Å². The van der Waals surface area contributed by atoms with E-state index in [9.17, 15) is 4.79 Å². The summed E-state index contributed by atoms with van der Waals surface area (Å²) >= 11 is 0. The molecule has 0 aromatic heterocycles. The Kier molecular flexibility index (Phi) is 7.26. The van der Waals surface area contributed by atoms with Crippen LogP contribution in [0.25, 0.3) is 0 Å². The molecule has 1 fully saturated rings. The van der Waals surface area contributed by atoms with Crippen LogP contribution in [0.15, 0.2) is 24.3 Å². The number of carbonyl (C=O) groups excluding carboxylic acids is 1. The van der Waals surface area contributed by atoms with E-state index in [0.717, 1.165) is 43.9 Å². The minimum absolute atomic E-state index is 0.162. The summed E-state index contributed by atoms with van der Waals surface area (Å²) in [5, 5.41) is 0. The summed E-state index contributed by atoms with van der Waals surface area (Å²) in [5.74, 6) is 0.162. The molecule has 5 heteroatoms. The Morgan fingerprint density at radius 2 is 1.92 bits per heavy atom. The van der Waals surface area contributed by atoms with E-state index in [2.05, 4.69) is 30.9 Å². The van der Waals surface area contributed by atoms with Crippen LogP contribution in [-0.4, -0.2) is 88.1 Å². The lowest BCUT2D eigenvalue weighted by Gasteiger charge is -2.38. The van der Waals surface area contributed by atoms with Gasteiger partial charge in [0.05, 0.1) is 0 Å². The highest BCUT2D eigenvalue weighted by molar-refractivity contribution is 5.95. The van der Waals surface area contributed by atoms with Gasteiger partial charge < -0.3 is 19.6 Å². The van der Waals surface area contributed by atoms with E-state index in [4.69, 9.17) is 0 Å². The van der Waals surface area contributed by atoms with Crippen molar-refractivity contribution in [2.75, 3.05) is 66.3 Å². The summed E-state index contributed by atoms with van der Waals surface area (Å²) in [6.07, 6.45) is 3.43. The standard InChI is InChI=1S/C20H34N4O/c1-21(2)12-8-13-23(5)19-11-7-14-24(16-19)20(25)17-9-6-10-18(15-17)22(3)4/h6,9-10,15,19H,7-8,11-14,16H2,1-5H3/t19-/m0/s1. The fourth-order valence-electron chi connectivity index (χ4n) is 3.42. The smallest absolute Gasteiger partial charge is 0.253 e. The van der Waals surface area contributed by atoms with E-state index < -0.39 is 0 Å². The Balaban J connectivity index is 1.95. The number of hydrogen-bond donors (Lipinski definition) is 0. The van der Waals surface area contributed by atoms with Gasteiger partial charge in [0.15, 0.2) is 0 Å². The number of anilines is 1. The molecule has 1 amide bonds. The zero-order valence-electron chi connectivity index (χ0n) is 16.5. The first-order chi connectivity index (χ1) is 11.9. The van der Waals surface area contributed by atoms with Crippen molar-refractivity contribution in [1.29, 1.82) is 0 Å². The van der Waals surface area contributed by atoms with Gasteiger partial charge in [-0.1, -0.05) is 6.07 Å². The van der Waals surface area contributed by atoms with Gasteiger partial charge in [-0.3, -0.25) is 4.79 Å². The second-order valence-corrected chi connectivity index (χ2v) is 7.63. The Morgan fingerprint density at radius 1 is 1.16 bits per heavy atom. The second kappa shape index (κ2) is 9.20. The maximum Gasteiger partial charge on any atom is 0.253 e. The average molecular weight is 347 g/mol. The van der Waals surface area contributed by atoms with Gasteiger partial charge in [0.2, 0.25) is 0 Å². The molecule has 0 aliphatic carbocycles. The number of likely N-dealkylation sites (tertiary alicyclic amines) is 1. The van der Waals surface area contributed by atoms with Crippen LogP contribution < -0.4 is 4.90 Å². The van der Waals surface area contributed by atoms with Crippen LogP contribution in [0.3, 0.4) is 0 Å². The number of rotatable bonds is 7. The van der Waals surface area contributed by atoms with Gasteiger partial charge in [-0.25, -0.2) is 0 Å². The first-order valence-corrected chi connectivity index (χ1v) is 9.30. The van der Waals surface area contributed by atoms with Crippen molar-refractivity contribution in [2.45, 2.75) is 25.3 Å². The zero-order chi connectivity index (χ0) is 18.4. The fourth-order valence-corrected chi connectivity index (χ4v) is 3.42. The molecular weight excluding hydrogens is 312 g/mol. The maximum absolute atomic E-state index is 12.9. The van der Waals surface area contributed by atoms with E-state index in [-0.39, 0.29) is 5.91 Å². The van der Waals surface area contributed by atoms with Crippen molar-refractivity contribution in [2.24, 2.45) is 0 Å². The van der Waals surface area contributed by atoms with Crippen molar-refractivity contribution in [3.05, 3.63) is 29.8 Å². The molecule has 140 valence electrons. The number of nitrogens with zero attached hydrogens (tertiary/aromatic N) is 4. The SMILES string of the molecule is CN(C)CCCN(C)[C@H]1CCCN(C(=O)c2cccc(N(C)C)c2)C1. The Bertz CT molecular complexity index is 558. The number of carbonyl (C=O) groups is 1. The van der Waals surface area contributed by atoms with Gasteiger partial charge in [0.1, 0.15) is 0 Å². The number of amides is 1. The van der Waals surface area contributed by atoms with Gasteiger partial charge in [0.25, 0.3) is 5.91 Å². The fraction of sp³-hybridized carbons (Fsp3) is 0.650. The van der Waals surface area contributed by atoms with E-state index in [1.165, 1.54) is 12.8 Å². The largest absolute Gasteiger partial charge is 0.378 e. The zero-order valence-corrected chi connectivity index (χ0v) is 16.5. The predicted octanol–water partition coefficient (Wildman–Crippen LogP) is 2.24. The summed E-state index contributed by atoms with van der Waals surface area (Å²) < 4.78 is 0. The molecule has 25 heavy (non-hydrogen) atoms. The minimum atomic E-state index is 0.162. The van der Waals surface area contributed by atoms with Crippen molar-refractivity contribution < 1.29 is 4.79 Å². The summed E-state index contributed by atoms with van der Waals surface area (Å²) in [4.78, 5) is 21.7. The third kappa shape index (κ3) is 5.72. The first kappa shape index (κ1) is 19.7. The number of benzene rings is 1. The summed E-state index contributed by atoms with van der Waals surface area (Å²) in [7, 11) is 10.4. The molecule has 0 radical (unpaired) electrons. The highest BCUT2D eigenvalue weighted by Gasteiger charge is 2.26. The second-order valence-electron chi connectivity index (χ2n) is 7.63. The summed E-state index contributed by atoms with van der Waals surface area (Å²) in [6.45, 7) is 3.90. The molecule has 0 unspecified atom stereocenters. The third-order valence-corrected chi connectivity index (χ3v) is 5.03. The molecule has 1 atom stereocenters. The Labute approximate surface area is 153 Å². The van der Waals surface area contributed by atoms with Crippen molar-refractivity contribution in [3.8, 4) is 0 Å². The van der Waals surface area contributed by atoms with Crippen LogP contribution in [0, 0.1) is 0 Å². The van der Waals surface area contributed by atoms with Gasteiger partial charge in [0, 0.05) is 44.5 Å². The lowest BCUT2D eigenvalue weighted by Crippen LogP contribution is -2.49. The Morgan fingerprint density at radius 3 is 2.60 bits per heavy atom. The molecule has 0 saturated carbocycles. The monoisotopic (exact) mass is 346 g/mol. The molecule has 1 aromatic carbocycles. The number of hydrogen-bond acceptors (Lipinski definition) is 4.